The maximum Gasteiger partial charge on any atom is 0.248 e. The molecule has 0 radical (unpaired) electrons. The Hall–Kier alpha value is -1.65. The summed E-state index contributed by atoms with van der Waals surface area (Å²) in [7, 11) is 0. The van der Waals surface area contributed by atoms with Crippen LogP contribution in [-0.4, -0.2) is 35.1 Å². The van der Waals surface area contributed by atoms with E-state index in [9.17, 15) is 9.59 Å². The third-order valence-corrected chi connectivity index (χ3v) is 5.94. The molecule has 0 spiro atoms. The smallest absolute Gasteiger partial charge is 0.248 e. The van der Waals surface area contributed by atoms with Crippen molar-refractivity contribution in [1.29, 1.82) is 5.41 Å². The van der Waals surface area contributed by atoms with E-state index < -0.39 is 5.41 Å². The Labute approximate surface area is 152 Å². The van der Waals surface area contributed by atoms with Crippen LogP contribution >= 0.6 is 0 Å². The fourth-order valence-corrected chi connectivity index (χ4v) is 3.29. The Morgan fingerprint density at radius 1 is 1.28 bits per heavy atom. The first kappa shape index (κ1) is 21.4. The molecule has 1 aliphatic heterocycles. The first-order valence-electron chi connectivity index (χ1n) is 9.06. The van der Waals surface area contributed by atoms with E-state index in [0.717, 1.165) is 19.4 Å². The molecule has 1 saturated heterocycles. The van der Waals surface area contributed by atoms with Crippen molar-refractivity contribution < 1.29 is 9.59 Å². The van der Waals surface area contributed by atoms with E-state index in [1.54, 1.807) is 0 Å². The maximum absolute atomic E-state index is 12.3. The Bertz CT molecular complexity index is 556. The molecule has 1 unspecified atom stereocenters. The van der Waals surface area contributed by atoms with Crippen LogP contribution in [0.3, 0.4) is 0 Å². The fraction of sp³-hybridized carbons (Fsp3) is 0.750. The number of hydrogen-bond acceptors (Lipinski definition) is 3. The molecule has 0 bridgehead atoms. The number of likely N-dealkylation sites (tertiary alicyclic amines) is 1. The van der Waals surface area contributed by atoms with Gasteiger partial charge in [0.25, 0.3) is 0 Å². The summed E-state index contributed by atoms with van der Waals surface area (Å²) in [4.78, 5) is 26.0. The van der Waals surface area contributed by atoms with Crippen LogP contribution in [0.4, 0.5) is 0 Å². The van der Waals surface area contributed by atoms with E-state index in [1.165, 1.54) is 6.08 Å². The molecule has 0 aliphatic carbocycles. The normalized spacial score (nSPS) is 17.4. The minimum absolute atomic E-state index is 0.0556. The number of amidine groups is 1. The first-order valence-corrected chi connectivity index (χ1v) is 9.06. The minimum Gasteiger partial charge on any atom is -0.339 e. The summed E-state index contributed by atoms with van der Waals surface area (Å²) in [5.41, 5.74) is -0.906. The largest absolute Gasteiger partial charge is 0.339 e. The van der Waals surface area contributed by atoms with Crippen LogP contribution in [0.25, 0.3) is 0 Å². The van der Waals surface area contributed by atoms with Gasteiger partial charge in [0.1, 0.15) is 5.84 Å². The zero-order valence-corrected chi connectivity index (χ0v) is 17.0. The molecule has 1 rings (SSSR count). The van der Waals surface area contributed by atoms with Gasteiger partial charge in [-0.3, -0.25) is 15.0 Å². The van der Waals surface area contributed by atoms with Gasteiger partial charge in [-0.1, -0.05) is 55.0 Å². The minimum atomic E-state index is -0.558. The van der Waals surface area contributed by atoms with Gasteiger partial charge in [0, 0.05) is 24.4 Å². The van der Waals surface area contributed by atoms with E-state index in [0.29, 0.717) is 6.42 Å². The second-order valence-electron chi connectivity index (χ2n) is 9.35. The topological polar surface area (TPSA) is 73.3 Å². The lowest BCUT2D eigenvalue weighted by Gasteiger charge is -2.48. The Morgan fingerprint density at radius 3 is 2.24 bits per heavy atom. The van der Waals surface area contributed by atoms with Gasteiger partial charge in [-0.25, -0.2) is 0 Å². The van der Waals surface area contributed by atoms with Gasteiger partial charge in [0.15, 0.2) is 0 Å². The van der Waals surface area contributed by atoms with E-state index in [-0.39, 0.29) is 34.5 Å². The summed E-state index contributed by atoms with van der Waals surface area (Å²) in [5, 5.41) is 11.0. The van der Waals surface area contributed by atoms with E-state index in [1.807, 2.05) is 18.7 Å². The number of carbonyl (C=O) groups is 2. The first-order chi connectivity index (χ1) is 11.2. The van der Waals surface area contributed by atoms with Crippen LogP contribution < -0.4 is 5.32 Å². The molecule has 2 N–H and O–H groups in total. The molecule has 1 atom stereocenters. The summed E-state index contributed by atoms with van der Waals surface area (Å²) in [6.45, 7) is 18.9. The number of rotatable bonds is 6. The Balaban J connectivity index is 3.08. The molecule has 0 saturated carbocycles. The molecule has 25 heavy (non-hydrogen) atoms. The number of amides is 2. The number of carbonyl (C=O) groups excluding carboxylic acids is 2. The lowest BCUT2D eigenvalue weighted by atomic mass is 9.61. The number of nitrogens with zero attached hydrogens (tertiary/aromatic N) is 1. The molecule has 0 aromatic rings. The van der Waals surface area contributed by atoms with Crippen molar-refractivity contribution in [3.8, 4) is 0 Å². The highest BCUT2D eigenvalue weighted by Crippen LogP contribution is 2.46. The Kier molecular flexibility index (Phi) is 6.25. The molecule has 1 fully saturated rings. The monoisotopic (exact) mass is 349 g/mol. The van der Waals surface area contributed by atoms with Gasteiger partial charge < -0.3 is 10.2 Å². The van der Waals surface area contributed by atoms with Crippen molar-refractivity contribution in [2.45, 2.75) is 73.8 Å². The maximum atomic E-state index is 12.3. The van der Waals surface area contributed by atoms with Crippen molar-refractivity contribution in [2.24, 2.45) is 16.2 Å². The molecule has 142 valence electrons. The molecule has 0 aromatic carbocycles. The zero-order valence-electron chi connectivity index (χ0n) is 17.0. The number of hydrogen-bond donors (Lipinski definition) is 2. The number of nitrogens with one attached hydrogen (secondary N) is 2. The fourth-order valence-electron chi connectivity index (χ4n) is 3.29. The van der Waals surface area contributed by atoms with Gasteiger partial charge in [0.2, 0.25) is 11.8 Å². The average molecular weight is 350 g/mol. The van der Waals surface area contributed by atoms with Crippen LogP contribution in [0.5, 0.6) is 0 Å². The van der Waals surface area contributed by atoms with Gasteiger partial charge in [-0.05, 0) is 29.7 Å². The lowest BCUT2D eigenvalue weighted by Crippen LogP contribution is -2.53. The van der Waals surface area contributed by atoms with E-state index >= 15 is 0 Å². The predicted octanol–water partition coefficient (Wildman–Crippen LogP) is 3.75. The van der Waals surface area contributed by atoms with Crippen molar-refractivity contribution >= 4 is 17.6 Å². The average Bonchev–Trinajstić information content (AvgIpc) is 2.88. The quantitative estimate of drug-likeness (QED) is 0.435. The second-order valence-corrected chi connectivity index (χ2v) is 9.35. The summed E-state index contributed by atoms with van der Waals surface area (Å²) in [6.07, 6.45) is 3.49. The molecular weight excluding hydrogens is 314 g/mol. The van der Waals surface area contributed by atoms with Gasteiger partial charge in [-0.2, -0.15) is 0 Å². The molecule has 1 heterocycles. The molecule has 0 aromatic heterocycles. The van der Waals surface area contributed by atoms with Crippen molar-refractivity contribution in [1.82, 2.24) is 10.2 Å². The summed E-state index contributed by atoms with van der Waals surface area (Å²) < 4.78 is 0. The highest BCUT2D eigenvalue weighted by molar-refractivity contribution is 6.03. The lowest BCUT2D eigenvalue weighted by molar-refractivity contribution is -0.133. The standard InChI is InChI=1S/C20H35N3O2/c1-9-15(24)22-17(21)20(7,8)19(5,6)13-14(18(2,3)4)23-12-10-11-16(23)25/h9,14H,1,10-13H2,2-8H3,(H2,21,22,24). The molecule has 1 aliphatic rings. The SMILES string of the molecule is C=CC(=O)NC(=N)C(C)(C)C(C)(C)CC(N1CCCC1=O)C(C)(C)C. The van der Waals surface area contributed by atoms with Gasteiger partial charge >= 0.3 is 0 Å². The Morgan fingerprint density at radius 2 is 1.84 bits per heavy atom. The van der Waals surface area contributed by atoms with E-state index in [2.05, 4.69) is 46.5 Å². The van der Waals surface area contributed by atoms with Crippen LogP contribution in [0.15, 0.2) is 12.7 Å². The molecule has 5 heteroatoms. The van der Waals surface area contributed by atoms with Crippen LogP contribution in [-0.2, 0) is 9.59 Å². The van der Waals surface area contributed by atoms with E-state index in [4.69, 9.17) is 5.41 Å². The molecular formula is C20H35N3O2. The summed E-state index contributed by atoms with van der Waals surface area (Å²) in [6, 6.07) is 0.0969. The highest BCUT2D eigenvalue weighted by Gasteiger charge is 2.46. The highest BCUT2D eigenvalue weighted by atomic mass is 16.2. The zero-order chi connectivity index (χ0) is 19.6. The van der Waals surface area contributed by atoms with Crippen molar-refractivity contribution in [3.05, 3.63) is 12.7 Å². The summed E-state index contributed by atoms with van der Waals surface area (Å²) in [5.74, 6) is 0.0438. The second kappa shape index (κ2) is 7.30. The van der Waals surface area contributed by atoms with Gasteiger partial charge in [0.05, 0.1) is 0 Å². The van der Waals surface area contributed by atoms with Crippen molar-refractivity contribution in [3.63, 3.8) is 0 Å². The molecule has 5 nitrogen and oxygen atoms in total. The third-order valence-electron chi connectivity index (χ3n) is 5.94. The molecule has 2 amide bonds. The van der Waals surface area contributed by atoms with Crippen LogP contribution in [0, 0.1) is 21.7 Å². The third kappa shape index (κ3) is 4.71. The summed E-state index contributed by atoms with van der Waals surface area (Å²) >= 11 is 0. The predicted molar refractivity (Wildman–Crippen MR) is 102 cm³/mol. The van der Waals surface area contributed by atoms with Crippen molar-refractivity contribution in [2.75, 3.05) is 6.54 Å². The van der Waals surface area contributed by atoms with Gasteiger partial charge in [-0.15, -0.1) is 0 Å². The van der Waals surface area contributed by atoms with Crippen LogP contribution in [0.2, 0.25) is 0 Å². The van der Waals surface area contributed by atoms with Crippen LogP contribution in [0.1, 0.15) is 67.7 Å².